The lowest BCUT2D eigenvalue weighted by atomic mass is 9.96. The molecular weight excluding hydrogens is 380 g/mol. The molecule has 3 aromatic carbocycles. The van der Waals surface area contributed by atoms with Crippen LogP contribution < -0.4 is 4.90 Å². The summed E-state index contributed by atoms with van der Waals surface area (Å²) in [5.41, 5.74) is 6.14. The normalized spacial score (nSPS) is 19.1. The molecule has 1 aliphatic heterocycles. The number of hydrogen-bond donors (Lipinski definition) is 1. The van der Waals surface area contributed by atoms with Crippen molar-refractivity contribution in [2.75, 3.05) is 25.5 Å². The second-order valence-electron chi connectivity index (χ2n) is 8.05. The maximum atomic E-state index is 10.3. The van der Waals surface area contributed by atoms with Gasteiger partial charge in [-0.05, 0) is 67.0 Å². The Morgan fingerprint density at radius 1 is 0.966 bits per heavy atom. The van der Waals surface area contributed by atoms with E-state index in [2.05, 4.69) is 72.4 Å². The molecule has 0 aromatic heterocycles. The summed E-state index contributed by atoms with van der Waals surface area (Å²) in [5, 5.41) is 11.1. The number of benzene rings is 3. The molecule has 29 heavy (non-hydrogen) atoms. The average molecular weight is 407 g/mol. The van der Waals surface area contributed by atoms with Crippen LogP contribution in [0.5, 0.6) is 0 Å². The molecule has 1 fully saturated rings. The number of β-amino-alcohol motifs (C(OH)–C–C–N with tert-alkyl or cyclic N) is 1. The Balaban J connectivity index is 1.61. The van der Waals surface area contributed by atoms with Gasteiger partial charge in [0.1, 0.15) is 0 Å². The van der Waals surface area contributed by atoms with Crippen LogP contribution >= 0.6 is 11.6 Å². The summed E-state index contributed by atoms with van der Waals surface area (Å²) in [4.78, 5) is 4.47. The van der Waals surface area contributed by atoms with Crippen molar-refractivity contribution >= 4 is 17.3 Å². The van der Waals surface area contributed by atoms with Crippen LogP contribution in [0.2, 0.25) is 5.02 Å². The number of halogens is 1. The molecule has 3 nitrogen and oxygen atoms in total. The summed E-state index contributed by atoms with van der Waals surface area (Å²) in [7, 11) is 4.19. The van der Waals surface area contributed by atoms with E-state index in [1.165, 1.54) is 22.3 Å². The van der Waals surface area contributed by atoms with Gasteiger partial charge in [0.25, 0.3) is 0 Å². The number of hydrogen-bond acceptors (Lipinski definition) is 3. The maximum Gasteiger partial charge on any atom is 0.0738 e. The third-order valence-corrected chi connectivity index (χ3v) is 5.80. The zero-order chi connectivity index (χ0) is 20.4. The van der Waals surface area contributed by atoms with Crippen LogP contribution in [0, 0.1) is 0 Å². The highest BCUT2D eigenvalue weighted by Gasteiger charge is 2.32. The minimum atomic E-state index is -0.323. The summed E-state index contributed by atoms with van der Waals surface area (Å²) < 4.78 is 0. The van der Waals surface area contributed by atoms with Gasteiger partial charge in [-0.3, -0.25) is 0 Å². The van der Waals surface area contributed by atoms with Gasteiger partial charge in [-0.15, -0.1) is 0 Å². The van der Waals surface area contributed by atoms with Gasteiger partial charge in [-0.25, -0.2) is 0 Å². The van der Waals surface area contributed by atoms with Gasteiger partial charge >= 0.3 is 0 Å². The van der Waals surface area contributed by atoms with Gasteiger partial charge in [0.2, 0.25) is 0 Å². The molecule has 1 N–H and O–H groups in total. The van der Waals surface area contributed by atoms with Gasteiger partial charge in [0.05, 0.1) is 12.1 Å². The SMILES string of the molecule is CN(C)Cc1ccccc1-c1ccc([C@H]2C[C@@H](O)CN2c2ccc(Cl)cc2)cc1. The van der Waals surface area contributed by atoms with Gasteiger partial charge < -0.3 is 14.9 Å². The predicted octanol–water partition coefficient (Wildman–Crippen LogP) is 5.38. The van der Waals surface area contributed by atoms with Crippen molar-refractivity contribution in [3.05, 3.63) is 88.9 Å². The molecule has 0 aliphatic carbocycles. The lowest BCUT2D eigenvalue weighted by molar-refractivity contribution is 0.194. The van der Waals surface area contributed by atoms with E-state index in [0.717, 1.165) is 23.7 Å². The van der Waals surface area contributed by atoms with Crippen molar-refractivity contribution in [2.45, 2.75) is 25.1 Å². The first kappa shape index (κ1) is 20.0. The standard InChI is InChI=1S/C25H27ClN2O/c1-27(2)16-20-5-3-4-6-24(20)18-7-9-19(10-8-18)25-15-23(29)17-28(25)22-13-11-21(26)12-14-22/h3-14,23,25,29H,15-17H2,1-2H3/t23-,25-/m1/s1. The van der Waals surface area contributed by atoms with Crippen molar-refractivity contribution < 1.29 is 5.11 Å². The fourth-order valence-corrected chi connectivity index (χ4v) is 4.34. The highest BCUT2D eigenvalue weighted by molar-refractivity contribution is 6.30. The number of rotatable bonds is 5. The highest BCUT2D eigenvalue weighted by atomic mass is 35.5. The summed E-state index contributed by atoms with van der Waals surface area (Å²) in [6.07, 6.45) is 0.412. The van der Waals surface area contributed by atoms with E-state index in [9.17, 15) is 5.11 Å². The molecule has 0 bridgehead atoms. The van der Waals surface area contributed by atoms with E-state index in [4.69, 9.17) is 11.6 Å². The van der Waals surface area contributed by atoms with Crippen LogP contribution in [0.4, 0.5) is 5.69 Å². The molecule has 0 unspecified atom stereocenters. The van der Waals surface area contributed by atoms with Crippen molar-refractivity contribution in [3.63, 3.8) is 0 Å². The summed E-state index contributed by atoms with van der Waals surface area (Å²) in [6.45, 7) is 1.55. The molecule has 1 aliphatic rings. The lowest BCUT2D eigenvalue weighted by Gasteiger charge is -2.27. The van der Waals surface area contributed by atoms with Crippen molar-refractivity contribution in [1.29, 1.82) is 0 Å². The van der Waals surface area contributed by atoms with Gasteiger partial charge in [0, 0.05) is 23.8 Å². The average Bonchev–Trinajstić information content (AvgIpc) is 3.10. The van der Waals surface area contributed by atoms with Crippen LogP contribution in [-0.2, 0) is 6.54 Å². The molecule has 1 heterocycles. The Morgan fingerprint density at radius 2 is 1.66 bits per heavy atom. The maximum absolute atomic E-state index is 10.3. The first-order valence-corrected chi connectivity index (χ1v) is 10.4. The van der Waals surface area contributed by atoms with E-state index < -0.39 is 0 Å². The molecule has 0 radical (unpaired) electrons. The van der Waals surface area contributed by atoms with Crippen molar-refractivity contribution in [3.8, 4) is 11.1 Å². The molecule has 0 spiro atoms. The molecule has 4 heteroatoms. The monoisotopic (exact) mass is 406 g/mol. The summed E-state index contributed by atoms with van der Waals surface area (Å²) in [6, 6.07) is 25.4. The number of nitrogens with zero attached hydrogens (tertiary/aromatic N) is 2. The van der Waals surface area contributed by atoms with E-state index in [0.29, 0.717) is 6.54 Å². The first-order valence-electron chi connectivity index (χ1n) is 10.0. The fourth-order valence-electron chi connectivity index (χ4n) is 4.21. The Bertz CT molecular complexity index is 953. The molecule has 2 atom stereocenters. The smallest absolute Gasteiger partial charge is 0.0738 e. The first-order chi connectivity index (χ1) is 14.0. The Hall–Kier alpha value is -2.33. The van der Waals surface area contributed by atoms with Crippen LogP contribution in [0.25, 0.3) is 11.1 Å². The zero-order valence-corrected chi connectivity index (χ0v) is 17.7. The van der Waals surface area contributed by atoms with E-state index in [1.807, 2.05) is 24.3 Å². The molecular formula is C25H27ClN2O. The van der Waals surface area contributed by atoms with Crippen LogP contribution in [-0.4, -0.2) is 36.8 Å². The fraction of sp³-hybridized carbons (Fsp3) is 0.280. The Kier molecular flexibility index (Phi) is 5.91. The predicted molar refractivity (Wildman–Crippen MR) is 121 cm³/mol. The molecule has 3 aromatic rings. The Labute approximate surface area is 178 Å². The second kappa shape index (κ2) is 8.58. The quantitative estimate of drug-likeness (QED) is 0.616. The highest BCUT2D eigenvalue weighted by Crippen LogP contribution is 2.37. The van der Waals surface area contributed by atoms with Crippen LogP contribution in [0.1, 0.15) is 23.6 Å². The van der Waals surface area contributed by atoms with Crippen molar-refractivity contribution in [2.24, 2.45) is 0 Å². The van der Waals surface area contributed by atoms with Gasteiger partial charge in [0.15, 0.2) is 0 Å². The van der Waals surface area contributed by atoms with E-state index in [-0.39, 0.29) is 12.1 Å². The largest absolute Gasteiger partial charge is 0.391 e. The number of anilines is 1. The number of aliphatic hydroxyl groups is 1. The van der Waals surface area contributed by atoms with Gasteiger partial charge in [-0.2, -0.15) is 0 Å². The lowest BCUT2D eigenvalue weighted by Crippen LogP contribution is -2.24. The summed E-state index contributed by atoms with van der Waals surface area (Å²) in [5.74, 6) is 0. The topological polar surface area (TPSA) is 26.7 Å². The minimum Gasteiger partial charge on any atom is -0.391 e. The van der Waals surface area contributed by atoms with Gasteiger partial charge in [-0.1, -0.05) is 60.1 Å². The molecule has 4 rings (SSSR count). The molecule has 0 amide bonds. The number of aliphatic hydroxyl groups excluding tert-OH is 1. The van der Waals surface area contributed by atoms with Crippen LogP contribution in [0.15, 0.2) is 72.8 Å². The third-order valence-electron chi connectivity index (χ3n) is 5.55. The second-order valence-corrected chi connectivity index (χ2v) is 8.49. The third kappa shape index (κ3) is 4.48. The summed E-state index contributed by atoms with van der Waals surface area (Å²) >= 11 is 6.05. The van der Waals surface area contributed by atoms with E-state index >= 15 is 0 Å². The van der Waals surface area contributed by atoms with E-state index in [1.54, 1.807) is 0 Å². The minimum absolute atomic E-state index is 0.164. The molecule has 150 valence electrons. The molecule has 0 saturated carbocycles. The zero-order valence-electron chi connectivity index (χ0n) is 16.9. The molecule has 1 saturated heterocycles. The van der Waals surface area contributed by atoms with Crippen molar-refractivity contribution in [1.82, 2.24) is 4.90 Å². The Morgan fingerprint density at radius 3 is 2.34 bits per heavy atom. The van der Waals surface area contributed by atoms with Crippen LogP contribution in [0.3, 0.4) is 0 Å².